The zero-order valence-electron chi connectivity index (χ0n) is 12.9. The van der Waals surface area contributed by atoms with Crippen LogP contribution < -0.4 is 11.1 Å². The molecule has 2 heterocycles. The second-order valence-electron chi connectivity index (χ2n) is 5.47. The van der Waals surface area contributed by atoms with Crippen LogP contribution in [0.2, 0.25) is 0 Å². The SMILES string of the molecule is Nc1nc(Nc2ccc(C(=O)O)cc2)nn1C1=NC2C=CC=CC2S1. The Kier molecular flexibility index (Phi) is 3.77. The molecule has 0 radical (unpaired) electrons. The van der Waals surface area contributed by atoms with E-state index in [-0.39, 0.29) is 22.8 Å². The Morgan fingerprint density at radius 3 is 2.72 bits per heavy atom. The van der Waals surface area contributed by atoms with Crippen LogP contribution in [-0.2, 0) is 0 Å². The summed E-state index contributed by atoms with van der Waals surface area (Å²) in [6.07, 6.45) is 8.13. The number of nitrogens with zero attached hydrogens (tertiary/aromatic N) is 4. The van der Waals surface area contributed by atoms with Crippen LogP contribution in [0.25, 0.3) is 0 Å². The third-order valence-electron chi connectivity index (χ3n) is 3.76. The van der Waals surface area contributed by atoms with Gasteiger partial charge in [0.05, 0.1) is 16.9 Å². The van der Waals surface area contributed by atoms with E-state index in [1.54, 1.807) is 23.9 Å². The van der Waals surface area contributed by atoms with Crippen LogP contribution in [0.1, 0.15) is 10.4 Å². The predicted molar refractivity (Wildman–Crippen MR) is 97.4 cm³/mol. The van der Waals surface area contributed by atoms with Gasteiger partial charge in [-0.3, -0.25) is 4.99 Å². The molecule has 2 aliphatic rings. The molecule has 0 saturated carbocycles. The third kappa shape index (κ3) is 3.01. The summed E-state index contributed by atoms with van der Waals surface area (Å²) < 4.78 is 1.51. The normalized spacial score (nSPS) is 21.0. The zero-order valence-corrected chi connectivity index (χ0v) is 13.7. The van der Waals surface area contributed by atoms with Gasteiger partial charge >= 0.3 is 5.97 Å². The van der Waals surface area contributed by atoms with Crippen molar-refractivity contribution in [3.05, 3.63) is 54.1 Å². The number of nitrogen functional groups attached to an aromatic ring is 1. The Hall–Kier alpha value is -3.07. The van der Waals surface area contributed by atoms with Gasteiger partial charge in [0.2, 0.25) is 11.9 Å². The molecule has 2 unspecified atom stereocenters. The average Bonchev–Trinajstić information content (AvgIpc) is 3.18. The highest BCUT2D eigenvalue weighted by molar-refractivity contribution is 8.14. The Morgan fingerprint density at radius 1 is 1.24 bits per heavy atom. The fourth-order valence-electron chi connectivity index (χ4n) is 2.53. The number of benzene rings is 1. The van der Waals surface area contributed by atoms with Crippen molar-refractivity contribution in [3.63, 3.8) is 0 Å². The first-order valence-corrected chi connectivity index (χ1v) is 8.41. The lowest BCUT2D eigenvalue weighted by atomic mass is 10.1. The van der Waals surface area contributed by atoms with Crippen LogP contribution in [0, 0.1) is 0 Å². The van der Waals surface area contributed by atoms with Crippen molar-refractivity contribution in [2.45, 2.75) is 11.3 Å². The number of aliphatic imine (C=N–C) groups is 1. The van der Waals surface area contributed by atoms with Crippen LogP contribution in [0.4, 0.5) is 17.6 Å². The fraction of sp³-hybridized carbons (Fsp3) is 0.125. The summed E-state index contributed by atoms with van der Waals surface area (Å²) in [5.41, 5.74) is 6.85. The van der Waals surface area contributed by atoms with Gasteiger partial charge in [-0.15, -0.1) is 5.10 Å². The summed E-state index contributed by atoms with van der Waals surface area (Å²) >= 11 is 1.59. The van der Waals surface area contributed by atoms with E-state index in [4.69, 9.17) is 10.8 Å². The van der Waals surface area contributed by atoms with Crippen molar-refractivity contribution in [2.24, 2.45) is 4.99 Å². The molecule has 1 aliphatic carbocycles. The minimum absolute atomic E-state index is 0.0913. The van der Waals surface area contributed by atoms with Gasteiger partial charge in [-0.2, -0.15) is 9.67 Å². The number of anilines is 3. The molecule has 25 heavy (non-hydrogen) atoms. The number of carbonyl (C=O) groups is 1. The number of rotatable bonds is 3. The first kappa shape index (κ1) is 15.5. The van der Waals surface area contributed by atoms with Gasteiger partial charge in [0, 0.05) is 5.69 Å². The van der Waals surface area contributed by atoms with Crippen LogP contribution in [-0.4, -0.2) is 42.3 Å². The maximum Gasteiger partial charge on any atom is 0.335 e. The lowest BCUT2D eigenvalue weighted by Gasteiger charge is -2.10. The second-order valence-corrected chi connectivity index (χ2v) is 6.61. The van der Waals surface area contributed by atoms with Gasteiger partial charge in [0.15, 0.2) is 5.17 Å². The molecule has 0 amide bonds. The highest BCUT2D eigenvalue weighted by Gasteiger charge is 2.30. The zero-order chi connectivity index (χ0) is 17.4. The highest BCUT2D eigenvalue weighted by atomic mass is 32.2. The van der Waals surface area contributed by atoms with Crippen LogP contribution in [0.3, 0.4) is 0 Å². The topological polar surface area (TPSA) is 118 Å². The Labute approximate surface area is 147 Å². The van der Waals surface area contributed by atoms with E-state index in [1.807, 2.05) is 18.2 Å². The molecule has 0 saturated heterocycles. The molecular weight excluding hydrogens is 340 g/mol. The number of nitrogens with two attached hydrogens (primary N) is 1. The molecular formula is C16H14N6O2S. The first-order valence-electron chi connectivity index (χ1n) is 7.53. The average molecular weight is 354 g/mol. The Morgan fingerprint density at radius 2 is 2.00 bits per heavy atom. The molecule has 0 fully saturated rings. The van der Waals surface area contributed by atoms with Gasteiger partial charge in [0.25, 0.3) is 0 Å². The number of hydrogen-bond donors (Lipinski definition) is 3. The van der Waals surface area contributed by atoms with E-state index in [2.05, 4.69) is 26.5 Å². The summed E-state index contributed by atoms with van der Waals surface area (Å²) in [6, 6.07) is 6.39. The minimum atomic E-state index is -0.973. The molecule has 2 atom stereocenters. The number of aromatic carboxylic acids is 1. The number of hydrogen-bond acceptors (Lipinski definition) is 7. The highest BCUT2D eigenvalue weighted by Crippen LogP contribution is 2.32. The van der Waals surface area contributed by atoms with Crippen molar-refractivity contribution in [3.8, 4) is 0 Å². The Balaban J connectivity index is 1.53. The smallest absolute Gasteiger partial charge is 0.335 e. The molecule has 8 nitrogen and oxygen atoms in total. The van der Waals surface area contributed by atoms with Crippen molar-refractivity contribution in [1.82, 2.24) is 14.8 Å². The lowest BCUT2D eigenvalue weighted by Crippen LogP contribution is -2.14. The van der Waals surface area contributed by atoms with Crippen molar-refractivity contribution in [2.75, 3.05) is 11.1 Å². The molecule has 2 aromatic rings. The van der Waals surface area contributed by atoms with Crippen molar-refractivity contribution in [1.29, 1.82) is 0 Å². The number of fused-ring (bicyclic) bond motifs is 1. The van der Waals surface area contributed by atoms with E-state index >= 15 is 0 Å². The maximum absolute atomic E-state index is 10.9. The van der Waals surface area contributed by atoms with Crippen LogP contribution in [0.5, 0.6) is 0 Å². The molecule has 0 bridgehead atoms. The van der Waals surface area contributed by atoms with E-state index in [0.29, 0.717) is 16.8 Å². The lowest BCUT2D eigenvalue weighted by molar-refractivity contribution is 0.0697. The quantitative estimate of drug-likeness (QED) is 0.772. The summed E-state index contributed by atoms with van der Waals surface area (Å²) in [5, 5.41) is 17.2. The van der Waals surface area contributed by atoms with Gasteiger partial charge < -0.3 is 16.2 Å². The maximum atomic E-state index is 10.9. The molecule has 126 valence electrons. The summed E-state index contributed by atoms with van der Waals surface area (Å²) in [6.45, 7) is 0. The monoisotopic (exact) mass is 354 g/mol. The van der Waals surface area contributed by atoms with Crippen molar-refractivity contribution >= 4 is 40.5 Å². The molecule has 1 aliphatic heterocycles. The largest absolute Gasteiger partial charge is 0.478 e. The second kappa shape index (κ2) is 6.10. The Bertz CT molecular complexity index is 915. The van der Waals surface area contributed by atoms with E-state index in [1.165, 1.54) is 16.8 Å². The minimum Gasteiger partial charge on any atom is -0.478 e. The molecule has 4 rings (SSSR count). The van der Waals surface area contributed by atoms with Gasteiger partial charge in [-0.05, 0) is 24.3 Å². The predicted octanol–water partition coefficient (Wildman–Crippen LogP) is 2.12. The third-order valence-corrected chi connectivity index (χ3v) is 4.96. The number of allylic oxidation sites excluding steroid dienone is 2. The van der Waals surface area contributed by atoms with Gasteiger partial charge in [0.1, 0.15) is 0 Å². The first-order chi connectivity index (χ1) is 12.1. The summed E-state index contributed by atoms with van der Waals surface area (Å²) in [5.74, 6) is -0.411. The number of carboxylic acids is 1. The molecule has 9 heteroatoms. The molecule has 1 aromatic carbocycles. The fourth-order valence-corrected chi connectivity index (χ4v) is 3.65. The van der Waals surface area contributed by atoms with Crippen LogP contribution >= 0.6 is 11.8 Å². The van der Waals surface area contributed by atoms with Crippen LogP contribution in [0.15, 0.2) is 53.6 Å². The van der Waals surface area contributed by atoms with E-state index in [0.717, 1.165) is 0 Å². The molecule has 0 spiro atoms. The summed E-state index contributed by atoms with van der Waals surface area (Å²) in [7, 11) is 0. The summed E-state index contributed by atoms with van der Waals surface area (Å²) in [4.78, 5) is 19.7. The van der Waals surface area contributed by atoms with E-state index < -0.39 is 5.97 Å². The number of carboxylic acid groups (broad SMARTS) is 1. The van der Waals surface area contributed by atoms with Crippen molar-refractivity contribution < 1.29 is 9.90 Å². The standard InChI is InChI=1S/C16H14N6O2S/c17-14-20-15(18-10-7-5-9(6-8-10)13(23)24)21-22(14)16-19-11-3-1-2-4-12(11)25-16/h1-8,11-12H,(H,23,24)(H3,17,18,20,21). The van der Waals surface area contributed by atoms with Gasteiger partial charge in [-0.1, -0.05) is 36.1 Å². The molecule has 1 aromatic heterocycles. The molecule has 4 N–H and O–H groups in total. The number of nitrogens with one attached hydrogen (secondary N) is 1. The van der Waals surface area contributed by atoms with E-state index in [9.17, 15) is 4.79 Å². The number of aromatic nitrogens is 3. The number of thioether (sulfide) groups is 1. The van der Waals surface area contributed by atoms with Gasteiger partial charge in [-0.25, -0.2) is 4.79 Å².